The number of nitrogens with zero attached hydrogens (tertiary/aromatic N) is 1. The quantitative estimate of drug-likeness (QED) is 0.808. The first-order valence-corrected chi connectivity index (χ1v) is 6.39. The summed E-state index contributed by atoms with van der Waals surface area (Å²) in [6.45, 7) is 6.68. The van der Waals surface area contributed by atoms with Gasteiger partial charge >= 0.3 is 5.95 Å². The smallest absolute Gasteiger partial charge is 0.308 e. The summed E-state index contributed by atoms with van der Waals surface area (Å²) in [5.41, 5.74) is 3.36. The van der Waals surface area contributed by atoms with Crippen LogP contribution in [0.5, 0.6) is 5.95 Å². The zero-order valence-electron chi connectivity index (χ0n) is 11.2. The molecule has 0 amide bonds. The Balaban J connectivity index is 2.16. The van der Waals surface area contributed by atoms with E-state index < -0.39 is 0 Å². The largest absolute Gasteiger partial charge is 0.464 e. The van der Waals surface area contributed by atoms with Crippen LogP contribution in [-0.2, 0) is 12.8 Å². The number of aryl methyl sites for hydroxylation is 2. The highest BCUT2D eigenvalue weighted by molar-refractivity contribution is 5.25. The molecule has 0 unspecified atom stereocenters. The molecule has 0 spiro atoms. The molecule has 0 aliphatic rings. The SMILES string of the molecule is CCOc1oc(Cc2ccc(C)cc2)nc1CC. The standard InChI is InChI=1S/C15H19NO2/c1-4-13-15(17-5-2)18-14(16-13)10-12-8-6-11(3)7-9-12/h6-9H,4-5,10H2,1-3H3. The number of aromatic nitrogens is 1. The second-order valence-corrected chi connectivity index (χ2v) is 4.29. The van der Waals surface area contributed by atoms with Crippen LogP contribution in [0.4, 0.5) is 0 Å². The van der Waals surface area contributed by atoms with Crippen molar-refractivity contribution in [3.05, 3.63) is 47.0 Å². The summed E-state index contributed by atoms with van der Waals surface area (Å²) in [4.78, 5) is 4.47. The number of oxazole rings is 1. The van der Waals surface area contributed by atoms with E-state index in [0.29, 0.717) is 19.0 Å². The highest BCUT2D eigenvalue weighted by Crippen LogP contribution is 2.22. The van der Waals surface area contributed by atoms with Gasteiger partial charge in [0.2, 0.25) is 5.89 Å². The number of hydrogen-bond acceptors (Lipinski definition) is 3. The Hall–Kier alpha value is -1.77. The third kappa shape index (κ3) is 2.92. The first kappa shape index (κ1) is 12.7. The van der Waals surface area contributed by atoms with Gasteiger partial charge in [-0.15, -0.1) is 0 Å². The zero-order chi connectivity index (χ0) is 13.0. The van der Waals surface area contributed by atoms with Crippen molar-refractivity contribution in [1.82, 2.24) is 4.98 Å². The molecule has 2 rings (SSSR count). The first-order valence-electron chi connectivity index (χ1n) is 6.39. The van der Waals surface area contributed by atoms with E-state index in [-0.39, 0.29) is 0 Å². The Bertz CT molecular complexity index is 500. The number of rotatable bonds is 5. The highest BCUT2D eigenvalue weighted by Gasteiger charge is 2.12. The second kappa shape index (κ2) is 5.71. The molecular weight excluding hydrogens is 226 g/mol. The van der Waals surface area contributed by atoms with Gasteiger partial charge in [0.25, 0.3) is 0 Å². The lowest BCUT2D eigenvalue weighted by atomic mass is 10.1. The van der Waals surface area contributed by atoms with E-state index in [9.17, 15) is 0 Å². The molecule has 2 aromatic rings. The van der Waals surface area contributed by atoms with Gasteiger partial charge in [-0.1, -0.05) is 36.8 Å². The maximum Gasteiger partial charge on any atom is 0.308 e. The van der Waals surface area contributed by atoms with Gasteiger partial charge in [0, 0.05) is 6.42 Å². The van der Waals surface area contributed by atoms with Crippen molar-refractivity contribution >= 4 is 0 Å². The molecule has 3 nitrogen and oxygen atoms in total. The lowest BCUT2D eigenvalue weighted by Crippen LogP contribution is -1.93. The van der Waals surface area contributed by atoms with Crippen LogP contribution < -0.4 is 4.74 Å². The van der Waals surface area contributed by atoms with E-state index in [1.54, 1.807) is 0 Å². The van der Waals surface area contributed by atoms with Crippen LogP contribution in [0.2, 0.25) is 0 Å². The minimum atomic E-state index is 0.571. The molecule has 0 aliphatic carbocycles. The summed E-state index contributed by atoms with van der Waals surface area (Å²) < 4.78 is 11.1. The molecule has 1 aromatic heterocycles. The fourth-order valence-corrected chi connectivity index (χ4v) is 1.81. The number of ether oxygens (including phenoxy) is 1. The summed E-state index contributed by atoms with van der Waals surface area (Å²) >= 11 is 0. The highest BCUT2D eigenvalue weighted by atomic mass is 16.6. The predicted octanol–water partition coefficient (Wildman–Crippen LogP) is 3.53. The van der Waals surface area contributed by atoms with E-state index in [4.69, 9.17) is 9.15 Å². The Morgan fingerprint density at radius 2 is 1.89 bits per heavy atom. The van der Waals surface area contributed by atoms with Crippen molar-refractivity contribution in [3.8, 4) is 5.95 Å². The molecule has 96 valence electrons. The van der Waals surface area contributed by atoms with Gasteiger partial charge in [-0.05, 0) is 25.8 Å². The predicted molar refractivity (Wildman–Crippen MR) is 71.0 cm³/mol. The van der Waals surface area contributed by atoms with Gasteiger partial charge in [0.1, 0.15) is 5.69 Å². The van der Waals surface area contributed by atoms with Crippen LogP contribution in [0.1, 0.15) is 36.6 Å². The third-order valence-corrected chi connectivity index (χ3v) is 2.79. The van der Waals surface area contributed by atoms with Gasteiger partial charge in [0.15, 0.2) is 0 Å². The second-order valence-electron chi connectivity index (χ2n) is 4.29. The molecule has 0 fully saturated rings. The maximum absolute atomic E-state index is 5.65. The number of benzene rings is 1. The van der Waals surface area contributed by atoms with Crippen molar-refractivity contribution in [1.29, 1.82) is 0 Å². The lowest BCUT2D eigenvalue weighted by molar-refractivity contribution is 0.248. The van der Waals surface area contributed by atoms with Crippen molar-refractivity contribution < 1.29 is 9.15 Å². The minimum Gasteiger partial charge on any atom is -0.464 e. The molecule has 0 saturated carbocycles. The molecule has 3 heteroatoms. The van der Waals surface area contributed by atoms with Crippen molar-refractivity contribution in [3.63, 3.8) is 0 Å². The van der Waals surface area contributed by atoms with Crippen molar-refractivity contribution in [2.75, 3.05) is 6.61 Å². The minimum absolute atomic E-state index is 0.571. The summed E-state index contributed by atoms with van der Waals surface area (Å²) in [5, 5.41) is 0. The number of hydrogen-bond donors (Lipinski definition) is 0. The monoisotopic (exact) mass is 245 g/mol. The van der Waals surface area contributed by atoms with Crippen LogP contribution in [0.15, 0.2) is 28.7 Å². The average molecular weight is 245 g/mol. The van der Waals surface area contributed by atoms with E-state index >= 15 is 0 Å². The zero-order valence-corrected chi connectivity index (χ0v) is 11.2. The van der Waals surface area contributed by atoms with E-state index in [1.807, 2.05) is 6.92 Å². The summed E-state index contributed by atoms with van der Waals surface area (Å²) in [7, 11) is 0. The summed E-state index contributed by atoms with van der Waals surface area (Å²) in [5.74, 6) is 1.29. The average Bonchev–Trinajstić information content (AvgIpc) is 2.75. The fraction of sp³-hybridized carbons (Fsp3) is 0.400. The normalized spacial score (nSPS) is 10.6. The van der Waals surface area contributed by atoms with Gasteiger partial charge in [0.05, 0.1) is 6.61 Å². The molecule has 1 heterocycles. The molecule has 0 radical (unpaired) electrons. The fourth-order valence-electron chi connectivity index (χ4n) is 1.81. The Morgan fingerprint density at radius 3 is 2.50 bits per heavy atom. The molecule has 1 aromatic carbocycles. The van der Waals surface area contributed by atoms with Crippen molar-refractivity contribution in [2.45, 2.75) is 33.6 Å². The van der Waals surface area contributed by atoms with E-state index in [0.717, 1.165) is 18.0 Å². The van der Waals surface area contributed by atoms with Crippen LogP contribution in [0.25, 0.3) is 0 Å². The van der Waals surface area contributed by atoms with E-state index in [1.165, 1.54) is 11.1 Å². The van der Waals surface area contributed by atoms with Crippen molar-refractivity contribution in [2.24, 2.45) is 0 Å². The van der Waals surface area contributed by atoms with Gasteiger partial charge in [-0.25, -0.2) is 4.98 Å². The Kier molecular flexibility index (Phi) is 4.03. The molecule has 0 bridgehead atoms. The van der Waals surface area contributed by atoms with Crippen LogP contribution in [0, 0.1) is 6.92 Å². The summed E-state index contributed by atoms with van der Waals surface area (Å²) in [6, 6.07) is 8.40. The van der Waals surface area contributed by atoms with Crippen LogP contribution in [-0.4, -0.2) is 11.6 Å². The van der Waals surface area contributed by atoms with Gasteiger partial charge < -0.3 is 9.15 Å². The maximum atomic E-state index is 5.65. The Morgan fingerprint density at radius 1 is 1.17 bits per heavy atom. The van der Waals surface area contributed by atoms with Gasteiger partial charge in [-0.2, -0.15) is 0 Å². The third-order valence-electron chi connectivity index (χ3n) is 2.79. The topological polar surface area (TPSA) is 35.3 Å². The molecular formula is C15H19NO2. The van der Waals surface area contributed by atoms with E-state index in [2.05, 4.69) is 43.1 Å². The lowest BCUT2D eigenvalue weighted by Gasteiger charge is -1.99. The molecule has 0 aliphatic heterocycles. The molecule has 0 N–H and O–H groups in total. The molecule has 0 saturated heterocycles. The first-order chi connectivity index (χ1) is 8.72. The van der Waals surface area contributed by atoms with Crippen LogP contribution >= 0.6 is 0 Å². The van der Waals surface area contributed by atoms with Gasteiger partial charge in [-0.3, -0.25) is 0 Å². The molecule has 18 heavy (non-hydrogen) atoms. The Labute approximate surface area is 108 Å². The molecule has 0 atom stereocenters. The van der Waals surface area contributed by atoms with Crippen LogP contribution in [0.3, 0.4) is 0 Å². The summed E-state index contributed by atoms with van der Waals surface area (Å²) in [6.07, 6.45) is 1.53.